The number of rotatable bonds is 4. The summed E-state index contributed by atoms with van der Waals surface area (Å²) in [6, 6.07) is 19.8. The lowest BCUT2D eigenvalue weighted by atomic mass is 9.89. The van der Waals surface area contributed by atoms with Gasteiger partial charge in [-0.25, -0.2) is 0 Å². The van der Waals surface area contributed by atoms with Gasteiger partial charge in [0.1, 0.15) is 0 Å². The Balaban J connectivity index is 0.00000156. The van der Waals surface area contributed by atoms with E-state index in [1.807, 2.05) is 6.08 Å². The van der Waals surface area contributed by atoms with Crippen molar-refractivity contribution in [2.24, 2.45) is 5.73 Å². The normalized spacial score (nSPS) is 12.6. The van der Waals surface area contributed by atoms with Crippen LogP contribution in [0, 0.1) is 0 Å². The van der Waals surface area contributed by atoms with Crippen LogP contribution in [0.3, 0.4) is 0 Å². The molecule has 0 aliphatic rings. The Morgan fingerprint density at radius 2 is 1.48 bits per heavy atom. The van der Waals surface area contributed by atoms with Crippen molar-refractivity contribution in [2.75, 3.05) is 0 Å². The van der Waals surface area contributed by atoms with Crippen LogP contribution in [0.5, 0.6) is 0 Å². The summed E-state index contributed by atoms with van der Waals surface area (Å²) in [7, 11) is 0. The molecule has 0 bridgehead atoms. The Kier molecular flexibility index (Phi) is 4.25. The largest absolute Gasteiger partial charge is 0.324 e. The van der Waals surface area contributed by atoms with Gasteiger partial charge in [0.15, 0.2) is 0 Å². The molecule has 1 nitrogen and oxygen atoms in total. The highest BCUT2D eigenvalue weighted by atomic mass is 35.5. The van der Waals surface area contributed by atoms with Gasteiger partial charge in [0.2, 0.25) is 0 Å². The zero-order valence-electron chi connectivity index (χ0n) is 13.0. The Bertz CT molecular complexity index is 958. The van der Waals surface area contributed by atoms with E-state index in [4.69, 9.17) is 5.73 Å². The van der Waals surface area contributed by atoms with Gasteiger partial charge < -0.3 is 5.73 Å². The summed E-state index contributed by atoms with van der Waals surface area (Å²) in [5.41, 5.74) is 7.67. The van der Waals surface area contributed by atoms with Crippen LogP contribution in [0.2, 0.25) is 0 Å². The molecule has 0 saturated heterocycles. The first-order chi connectivity index (χ1) is 10.8. The second-order valence-corrected chi connectivity index (χ2v) is 5.98. The predicted molar refractivity (Wildman–Crippen MR) is 104 cm³/mol. The fraction of sp³-hybridized carbons (Fsp3) is 0.143. The molecule has 0 heterocycles. The highest BCUT2D eigenvalue weighted by Crippen LogP contribution is 2.37. The van der Waals surface area contributed by atoms with Crippen LogP contribution in [0.25, 0.3) is 32.3 Å². The first kappa shape index (κ1) is 15.8. The fourth-order valence-corrected chi connectivity index (χ4v) is 3.53. The van der Waals surface area contributed by atoms with Crippen molar-refractivity contribution >= 4 is 44.7 Å². The maximum absolute atomic E-state index is 6.43. The molecule has 0 saturated carbocycles. The summed E-state index contributed by atoms with van der Waals surface area (Å²) in [6.07, 6.45) is 3.83. The fourth-order valence-electron chi connectivity index (χ4n) is 3.53. The first-order valence-electron chi connectivity index (χ1n) is 7.82. The third-order valence-electron chi connectivity index (χ3n) is 4.64. The first-order valence-corrected chi connectivity index (χ1v) is 7.82. The van der Waals surface area contributed by atoms with Gasteiger partial charge in [-0.15, -0.1) is 19.0 Å². The molecule has 2 heteroatoms. The number of nitrogens with two attached hydrogens (primary N) is 1. The third-order valence-corrected chi connectivity index (χ3v) is 4.64. The van der Waals surface area contributed by atoms with E-state index in [9.17, 15) is 0 Å². The average molecular weight is 322 g/mol. The van der Waals surface area contributed by atoms with Gasteiger partial charge >= 0.3 is 0 Å². The molecule has 0 radical (unpaired) electrons. The van der Waals surface area contributed by atoms with Crippen molar-refractivity contribution in [3.8, 4) is 0 Å². The van der Waals surface area contributed by atoms with Gasteiger partial charge in [0.25, 0.3) is 0 Å². The topological polar surface area (TPSA) is 26.0 Å². The summed E-state index contributed by atoms with van der Waals surface area (Å²) in [5, 5.41) is 7.88. The molecule has 1 atom stereocenters. The van der Waals surface area contributed by atoms with E-state index in [0.717, 1.165) is 12.8 Å². The molecule has 0 aliphatic carbocycles. The molecular formula is C21H20ClN. The molecule has 0 fully saturated rings. The Morgan fingerprint density at radius 1 is 0.870 bits per heavy atom. The summed E-state index contributed by atoms with van der Waals surface area (Å²) in [6.45, 7) is 3.80. The van der Waals surface area contributed by atoms with E-state index in [1.54, 1.807) is 0 Å². The molecular weight excluding hydrogens is 302 g/mol. The second-order valence-electron chi connectivity index (χ2n) is 5.98. The monoisotopic (exact) mass is 321 g/mol. The van der Waals surface area contributed by atoms with Gasteiger partial charge in [0.05, 0.1) is 0 Å². The minimum Gasteiger partial charge on any atom is -0.324 e. The highest BCUT2D eigenvalue weighted by Gasteiger charge is 2.14. The summed E-state index contributed by atoms with van der Waals surface area (Å²) in [4.78, 5) is 0. The molecule has 0 aliphatic heterocycles. The van der Waals surface area contributed by atoms with Crippen LogP contribution in [0.15, 0.2) is 67.3 Å². The third kappa shape index (κ3) is 2.46. The smallest absolute Gasteiger partial charge is 0.0304 e. The summed E-state index contributed by atoms with van der Waals surface area (Å²) >= 11 is 0. The number of halogens is 1. The van der Waals surface area contributed by atoms with Gasteiger partial charge in [0, 0.05) is 6.04 Å². The van der Waals surface area contributed by atoms with E-state index in [1.165, 1.54) is 37.9 Å². The molecule has 2 N–H and O–H groups in total. The number of allylic oxidation sites excluding steroid dienone is 1. The summed E-state index contributed by atoms with van der Waals surface area (Å²) < 4.78 is 0. The Labute approximate surface area is 142 Å². The minimum atomic E-state index is 0. The molecule has 0 aromatic heterocycles. The van der Waals surface area contributed by atoms with Crippen molar-refractivity contribution in [3.63, 3.8) is 0 Å². The quantitative estimate of drug-likeness (QED) is 0.363. The summed E-state index contributed by atoms with van der Waals surface area (Å²) in [5.74, 6) is 0. The van der Waals surface area contributed by atoms with E-state index >= 15 is 0 Å². The Hall–Kier alpha value is -2.09. The SMILES string of the molecule is C=CCC[C@@H](N)c1ccc2ccc3cccc4ccc1c2c34.Cl. The van der Waals surface area contributed by atoms with E-state index < -0.39 is 0 Å². The van der Waals surface area contributed by atoms with E-state index in [2.05, 4.69) is 61.2 Å². The van der Waals surface area contributed by atoms with E-state index in [-0.39, 0.29) is 18.4 Å². The maximum Gasteiger partial charge on any atom is 0.0304 e. The van der Waals surface area contributed by atoms with Gasteiger partial charge in [-0.1, -0.05) is 60.7 Å². The number of hydrogen-bond donors (Lipinski definition) is 1. The lowest BCUT2D eigenvalue weighted by Crippen LogP contribution is -2.10. The van der Waals surface area contributed by atoms with Gasteiger partial charge in [-0.3, -0.25) is 0 Å². The van der Waals surface area contributed by atoms with Crippen LogP contribution in [-0.4, -0.2) is 0 Å². The second kappa shape index (κ2) is 6.19. The van der Waals surface area contributed by atoms with Crippen LogP contribution < -0.4 is 5.73 Å². The molecule has 4 rings (SSSR count). The lowest BCUT2D eigenvalue weighted by Gasteiger charge is -2.17. The molecule has 0 unspecified atom stereocenters. The lowest BCUT2D eigenvalue weighted by molar-refractivity contribution is 0.666. The molecule has 4 aromatic rings. The highest BCUT2D eigenvalue weighted by molar-refractivity contribution is 6.23. The molecule has 23 heavy (non-hydrogen) atoms. The van der Waals surface area contributed by atoms with Crippen molar-refractivity contribution < 1.29 is 0 Å². The maximum atomic E-state index is 6.43. The van der Waals surface area contributed by atoms with Crippen molar-refractivity contribution in [3.05, 3.63) is 72.8 Å². The minimum absolute atomic E-state index is 0. The van der Waals surface area contributed by atoms with Crippen LogP contribution in [0.1, 0.15) is 24.4 Å². The molecule has 0 spiro atoms. The molecule has 0 amide bonds. The molecule has 116 valence electrons. The van der Waals surface area contributed by atoms with Crippen molar-refractivity contribution in [2.45, 2.75) is 18.9 Å². The predicted octanol–water partition coefficient (Wildman–Crippen LogP) is 5.97. The zero-order chi connectivity index (χ0) is 15.1. The van der Waals surface area contributed by atoms with Gasteiger partial charge in [-0.05, 0) is 50.7 Å². The van der Waals surface area contributed by atoms with Crippen molar-refractivity contribution in [1.29, 1.82) is 0 Å². The van der Waals surface area contributed by atoms with Crippen LogP contribution in [0.4, 0.5) is 0 Å². The number of benzene rings is 4. The van der Waals surface area contributed by atoms with Gasteiger partial charge in [-0.2, -0.15) is 0 Å². The average Bonchev–Trinajstić information content (AvgIpc) is 2.57. The van der Waals surface area contributed by atoms with Crippen LogP contribution >= 0.6 is 12.4 Å². The van der Waals surface area contributed by atoms with Crippen molar-refractivity contribution in [1.82, 2.24) is 0 Å². The molecule has 4 aromatic carbocycles. The Morgan fingerprint density at radius 3 is 2.17 bits per heavy atom. The van der Waals surface area contributed by atoms with E-state index in [0.29, 0.717) is 0 Å². The zero-order valence-corrected chi connectivity index (χ0v) is 13.8. The number of hydrogen-bond acceptors (Lipinski definition) is 1. The van der Waals surface area contributed by atoms with Crippen LogP contribution in [-0.2, 0) is 0 Å². The standard InChI is InChI=1S/C21H19N.ClH/c1-2-3-7-19(22)17-12-10-16-9-8-14-5-4-6-15-11-13-18(17)21(16)20(14)15;/h2,4-6,8-13,19H,1,3,7,22H2;1H/t19-;/m1./s1.